The van der Waals surface area contributed by atoms with Gasteiger partial charge < -0.3 is 10.2 Å². The summed E-state index contributed by atoms with van der Waals surface area (Å²) < 4.78 is 1.69. The normalized spacial score (nSPS) is 13.0. The fourth-order valence-electron chi connectivity index (χ4n) is 3.70. The summed E-state index contributed by atoms with van der Waals surface area (Å²) >= 11 is 0. The molecule has 0 spiro atoms. The molecule has 0 fully saturated rings. The smallest absolute Gasteiger partial charge is 0.311 e. The van der Waals surface area contributed by atoms with Gasteiger partial charge in [-0.25, -0.2) is 9.50 Å². The van der Waals surface area contributed by atoms with Gasteiger partial charge in [-0.05, 0) is 38.0 Å². The van der Waals surface area contributed by atoms with E-state index in [9.17, 15) is 15.0 Å². The van der Waals surface area contributed by atoms with Crippen LogP contribution in [0.15, 0.2) is 24.3 Å². The second-order valence-electron chi connectivity index (χ2n) is 8.71. The number of nitrogens with zero attached hydrogens (tertiary/aromatic N) is 3. The first-order chi connectivity index (χ1) is 13.5. The number of rotatable bonds is 5. The number of phenolic OH excluding ortho intramolecular Hbond substituents is 1. The molecule has 2 heterocycles. The molecular weight excluding hydrogens is 366 g/mol. The highest BCUT2D eigenvalue weighted by molar-refractivity contribution is 5.83. The predicted molar refractivity (Wildman–Crippen MR) is 114 cm³/mol. The van der Waals surface area contributed by atoms with Crippen LogP contribution in [0.1, 0.15) is 69.0 Å². The van der Waals surface area contributed by atoms with Gasteiger partial charge in [0.2, 0.25) is 0 Å². The molecule has 1 atom stereocenters. The molecule has 0 saturated carbocycles. The third-order valence-electron chi connectivity index (χ3n) is 5.23. The third kappa shape index (κ3) is 3.84. The lowest BCUT2D eigenvalue weighted by Gasteiger charge is -2.20. The number of phenols is 1. The first-order valence-electron chi connectivity index (χ1n) is 9.98. The number of aliphatic carboxylic acids is 1. The largest absolute Gasteiger partial charge is 0.507 e. The molecule has 2 aromatic heterocycles. The molecule has 6 heteroatoms. The van der Waals surface area contributed by atoms with Gasteiger partial charge >= 0.3 is 5.97 Å². The predicted octanol–water partition coefficient (Wildman–Crippen LogP) is 4.98. The fraction of sp³-hybridized carbons (Fsp3) is 0.435. The number of carbonyl (C=O) groups is 1. The number of aromatic nitrogens is 3. The van der Waals surface area contributed by atoms with Gasteiger partial charge in [-0.2, -0.15) is 5.10 Å². The van der Waals surface area contributed by atoms with E-state index in [-0.39, 0.29) is 11.2 Å². The molecule has 0 radical (unpaired) electrons. The topological polar surface area (TPSA) is 87.7 Å². The molecule has 1 aromatic carbocycles. The van der Waals surface area contributed by atoms with E-state index in [4.69, 9.17) is 5.10 Å². The Morgan fingerprint density at radius 1 is 1.21 bits per heavy atom. The quantitative estimate of drug-likeness (QED) is 0.636. The molecule has 0 aliphatic carbocycles. The summed E-state index contributed by atoms with van der Waals surface area (Å²) in [5, 5.41) is 25.5. The fourth-order valence-corrected chi connectivity index (χ4v) is 3.70. The molecule has 0 saturated heterocycles. The Balaban J connectivity index is 2.46. The summed E-state index contributed by atoms with van der Waals surface area (Å²) in [5.41, 5.74) is 4.65. The van der Waals surface area contributed by atoms with Crippen LogP contribution in [-0.4, -0.2) is 30.8 Å². The maximum Gasteiger partial charge on any atom is 0.311 e. The number of carboxylic acid groups (broad SMARTS) is 1. The average Bonchev–Trinajstić information content (AvgIpc) is 3.03. The van der Waals surface area contributed by atoms with Crippen molar-refractivity contribution in [1.82, 2.24) is 14.6 Å². The van der Waals surface area contributed by atoms with Crippen molar-refractivity contribution in [3.05, 3.63) is 46.8 Å². The van der Waals surface area contributed by atoms with Crippen molar-refractivity contribution in [2.75, 3.05) is 0 Å². The first-order valence-corrected chi connectivity index (χ1v) is 9.98. The van der Waals surface area contributed by atoms with Crippen LogP contribution >= 0.6 is 0 Å². The summed E-state index contributed by atoms with van der Waals surface area (Å²) in [6, 6.07) is 7.35. The van der Waals surface area contributed by atoms with Crippen molar-refractivity contribution in [3.8, 4) is 17.0 Å². The highest BCUT2D eigenvalue weighted by Gasteiger charge is 2.30. The van der Waals surface area contributed by atoms with Crippen LogP contribution in [0.2, 0.25) is 0 Å². The lowest BCUT2D eigenvalue weighted by atomic mass is 9.89. The molecule has 1 unspecified atom stereocenters. The lowest BCUT2D eigenvalue weighted by molar-refractivity contribution is -0.139. The van der Waals surface area contributed by atoms with Crippen LogP contribution in [0, 0.1) is 13.8 Å². The van der Waals surface area contributed by atoms with Gasteiger partial charge in [0.05, 0.1) is 17.3 Å². The van der Waals surface area contributed by atoms with Gasteiger partial charge in [-0.15, -0.1) is 0 Å². The highest BCUT2D eigenvalue weighted by atomic mass is 16.4. The molecule has 3 rings (SSSR count). The summed E-state index contributed by atoms with van der Waals surface area (Å²) in [6.07, 6.45) is 1.20. The number of benzene rings is 1. The van der Waals surface area contributed by atoms with Gasteiger partial charge in [0, 0.05) is 28.3 Å². The summed E-state index contributed by atoms with van der Waals surface area (Å²) in [6.45, 7) is 11.9. The number of aryl methyl sites for hydroxylation is 2. The van der Waals surface area contributed by atoms with Gasteiger partial charge in [0.1, 0.15) is 5.75 Å². The lowest BCUT2D eigenvalue weighted by Crippen LogP contribution is -2.17. The van der Waals surface area contributed by atoms with E-state index in [0.717, 1.165) is 17.7 Å². The first kappa shape index (κ1) is 20.8. The molecule has 2 N–H and O–H groups in total. The molecule has 3 aromatic rings. The maximum atomic E-state index is 12.1. The minimum atomic E-state index is -0.896. The summed E-state index contributed by atoms with van der Waals surface area (Å²) in [7, 11) is 0. The van der Waals surface area contributed by atoms with E-state index in [2.05, 4.69) is 25.8 Å². The monoisotopic (exact) mass is 395 g/mol. The van der Waals surface area contributed by atoms with E-state index in [1.165, 1.54) is 0 Å². The Hall–Kier alpha value is -2.89. The molecule has 154 valence electrons. The third-order valence-corrected chi connectivity index (χ3v) is 5.23. The molecule has 0 aliphatic heterocycles. The minimum absolute atomic E-state index is 0.103. The maximum absolute atomic E-state index is 12.1. The van der Waals surface area contributed by atoms with Crippen molar-refractivity contribution in [2.24, 2.45) is 0 Å². The highest BCUT2D eigenvalue weighted by Crippen LogP contribution is 2.39. The van der Waals surface area contributed by atoms with Crippen LogP contribution in [0.4, 0.5) is 0 Å². The van der Waals surface area contributed by atoms with Crippen LogP contribution in [0.25, 0.3) is 16.9 Å². The molecule has 0 aliphatic rings. The Morgan fingerprint density at radius 2 is 1.90 bits per heavy atom. The average molecular weight is 396 g/mol. The summed E-state index contributed by atoms with van der Waals surface area (Å²) in [4.78, 5) is 16.8. The zero-order valence-electron chi connectivity index (χ0n) is 17.9. The standard InChI is InChI=1S/C23H29N3O3/c1-7-8-16(22(28)29)20-14(3)24-19-12-18(23(4,5)6)25-26(19)21(20)15-10-9-13(2)11-17(15)27/h9-12,16,27H,7-8H2,1-6H3,(H,28,29). The van der Waals surface area contributed by atoms with E-state index >= 15 is 0 Å². The van der Waals surface area contributed by atoms with Crippen LogP contribution in [0.5, 0.6) is 5.75 Å². The van der Waals surface area contributed by atoms with Gasteiger partial charge in [0.15, 0.2) is 5.65 Å². The Morgan fingerprint density at radius 3 is 2.45 bits per heavy atom. The Labute approximate surface area is 171 Å². The zero-order chi connectivity index (χ0) is 21.5. The minimum Gasteiger partial charge on any atom is -0.507 e. The number of hydrogen-bond acceptors (Lipinski definition) is 4. The number of aromatic hydroxyl groups is 1. The van der Waals surface area contributed by atoms with Crippen molar-refractivity contribution < 1.29 is 15.0 Å². The number of hydrogen-bond donors (Lipinski definition) is 2. The van der Waals surface area contributed by atoms with E-state index in [1.807, 2.05) is 39.0 Å². The van der Waals surface area contributed by atoms with Crippen LogP contribution in [0.3, 0.4) is 0 Å². The number of carboxylic acids is 1. The van der Waals surface area contributed by atoms with E-state index in [0.29, 0.717) is 34.6 Å². The Bertz CT molecular complexity index is 1080. The van der Waals surface area contributed by atoms with Crippen molar-refractivity contribution in [2.45, 2.75) is 65.7 Å². The van der Waals surface area contributed by atoms with E-state index < -0.39 is 11.9 Å². The van der Waals surface area contributed by atoms with Crippen molar-refractivity contribution >= 4 is 11.6 Å². The Kier molecular flexibility index (Phi) is 5.39. The van der Waals surface area contributed by atoms with Crippen molar-refractivity contribution in [3.63, 3.8) is 0 Å². The van der Waals surface area contributed by atoms with Gasteiger partial charge in [-0.1, -0.05) is 40.2 Å². The van der Waals surface area contributed by atoms with Crippen molar-refractivity contribution in [1.29, 1.82) is 0 Å². The zero-order valence-corrected chi connectivity index (χ0v) is 17.9. The second-order valence-corrected chi connectivity index (χ2v) is 8.71. The molecule has 29 heavy (non-hydrogen) atoms. The van der Waals surface area contributed by atoms with E-state index in [1.54, 1.807) is 10.6 Å². The molecule has 6 nitrogen and oxygen atoms in total. The summed E-state index contributed by atoms with van der Waals surface area (Å²) in [5.74, 6) is -1.52. The van der Waals surface area contributed by atoms with Crippen LogP contribution < -0.4 is 0 Å². The van der Waals surface area contributed by atoms with Gasteiger partial charge in [-0.3, -0.25) is 4.79 Å². The second kappa shape index (κ2) is 7.50. The SMILES string of the molecule is CCCC(C(=O)O)c1c(C)nc2cc(C(C)(C)C)nn2c1-c1ccc(C)cc1O. The molecule has 0 amide bonds. The molecule has 0 bridgehead atoms. The molecular formula is C23H29N3O3. The van der Waals surface area contributed by atoms with Crippen LogP contribution in [-0.2, 0) is 10.2 Å². The number of fused-ring (bicyclic) bond motifs is 1. The van der Waals surface area contributed by atoms with Gasteiger partial charge in [0.25, 0.3) is 0 Å².